The number of benzene rings is 1. The molecule has 1 aromatic carbocycles. The third-order valence-corrected chi connectivity index (χ3v) is 5.71. The van der Waals surface area contributed by atoms with Crippen LogP contribution in [0.2, 0.25) is 0 Å². The molecule has 0 radical (unpaired) electrons. The fraction of sp³-hybridized carbons (Fsp3) is 0.619. The summed E-state index contributed by atoms with van der Waals surface area (Å²) in [5.74, 6) is -0.208. The van der Waals surface area contributed by atoms with Crippen LogP contribution >= 0.6 is 0 Å². The first-order valence-electron chi connectivity index (χ1n) is 9.81. The zero-order valence-corrected chi connectivity index (χ0v) is 15.4. The summed E-state index contributed by atoms with van der Waals surface area (Å²) in [5.41, 5.74) is 2.06. The lowest BCUT2D eigenvalue weighted by molar-refractivity contribution is -0.127. The van der Waals surface area contributed by atoms with E-state index in [0.717, 1.165) is 25.1 Å². The summed E-state index contributed by atoms with van der Waals surface area (Å²) >= 11 is 0. The van der Waals surface area contributed by atoms with E-state index in [0.29, 0.717) is 13.0 Å². The van der Waals surface area contributed by atoms with Gasteiger partial charge < -0.3 is 4.90 Å². The minimum Gasteiger partial charge on any atom is -0.370 e. The van der Waals surface area contributed by atoms with Crippen molar-refractivity contribution in [3.63, 3.8) is 0 Å². The number of anilines is 1. The van der Waals surface area contributed by atoms with Gasteiger partial charge in [-0.25, -0.2) is 0 Å². The van der Waals surface area contributed by atoms with Gasteiger partial charge in [-0.3, -0.25) is 14.9 Å². The van der Waals surface area contributed by atoms with E-state index < -0.39 is 5.41 Å². The van der Waals surface area contributed by atoms with Crippen molar-refractivity contribution in [1.29, 1.82) is 0 Å². The highest BCUT2D eigenvalue weighted by Crippen LogP contribution is 2.39. The number of nitrogens with one attached hydrogen (secondary N) is 1. The number of hydrogen-bond acceptors (Lipinski definition) is 3. The fourth-order valence-corrected chi connectivity index (χ4v) is 4.10. The lowest BCUT2D eigenvalue weighted by Crippen LogP contribution is -2.34. The molecule has 0 saturated carbocycles. The minimum absolute atomic E-state index is 0.0836. The molecule has 1 spiro atoms. The van der Waals surface area contributed by atoms with Crippen molar-refractivity contribution < 1.29 is 9.59 Å². The first-order chi connectivity index (χ1) is 12.1. The summed E-state index contributed by atoms with van der Waals surface area (Å²) in [6.07, 6.45) is 10.2. The molecule has 2 aliphatic heterocycles. The van der Waals surface area contributed by atoms with E-state index in [9.17, 15) is 9.59 Å². The van der Waals surface area contributed by atoms with Crippen LogP contribution in [0, 0.1) is 5.41 Å². The molecule has 2 amide bonds. The number of imide groups is 1. The topological polar surface area (TPSA) is 49.4 Å². The molecular formula is C21H30N2O2. The largest absolute Gasteiger partial charge is 0.370 e. The van der Waals surface area contributed by atoms with Crippen molar-refractivity contribution in [1.82, 2.24) is 5.32 Å². The second-order valence-corrected chi connectivity index (χ2v) is 7.69. The Kier molecular flexibility index (Phi) is 5.77. The Bertz CT molecular complexity index is 611. The van der Waals surface area contributed by atoms with Gasteiger partial charge in [0.15, 0.2) is 0 Å². The normalized spacial score (nSPS) is 22.8. The highest BCUT2D eigenvalue weighted by atomic mass is 16.2. The summed E-state index contributed by atoms with van der Waals surface area (Å²) in [6, 6.07) is 8.76. The van der Waals surface area contributed by atoms with Gasteiger partial charge in [0.05, 0.1) is 5.41 Å². The van der Waals surface area contributed by atoms with Gasteiger partial charge in [0.1, 0.15) is 0 Å². The van der Waals surface area contributed by atoms with Crippen LogP contribution in [0.5, 0.6) is 0 Å². The van der Waals surface area contributed by atoms with Gasteiger partial charge in [-0.05, 0) is 37.0 Å². The monoisotopic (exact) mass is 342 g/mol. The van der Waals surface area contributed by atoms with Crippen LogP contribution in [0.1, 0.15) is 63.9 Å². The number of rotatable bonds is 8. The second-order valence-electron chi connectivity index (χ2n) is 7.69. The van der Waals surface area contributed by atoms with E-state index in [2.05, 4.69) is 41.4 Å². The molecule has 2 aliphatic rings. The minimum atomic E-state index is -0.492. The molecule has 1 aromatic rings. The molecule has 0 bridgehead atoms. The van der Waals surface area contributed by atoms with Crippen LogP contribution < -0.4 is 10.2 Å². The highest BCUT2D eigenvalue weighted by molar-refractivity contribution is 6.06. The third kappa shape index (κ3) is 4.23. The van der Waals surface area contributed by atoms with Crippen molar-refractivity contribution in [3.05, 3.63) is 29.8 Å². The van der Waals surface area contributed by atoms with Gasteiger partial charge in [-0.15, -0.1) is 0 Å². The molecule has 2 saturated heterocycles. The van der Waals surface area contributed by atoms with Crippen molar-refractivity contribution in [2.45, 2.75) is 64.7 Å². The standard InChI is InChI=1S/C21H30N2O2/c1-2-3-4-5-6-7-8-17-9-11-18(12-10-17)23-14-13-21(16-23)15-19(24)22-20(21)25/h9-12H,2-8,13-16H2,1H3,(H,22,24,25). The van der Waals surface area contributed by atoms with Gasteiger partial charge in [0.25, 0.3) is 0 Å². The van der Waals surface area contributed by atoms with Gasteiger partial charge in [-0.2, -0.15) is 0 Å². The number of hydrogen-bond donors (Lipinski definition) is 1. The second kappa shape index (κ2) is 8.03. The first kappa shape index (κ1) is 18.0. The van der Waals surface area contributed by atoms with Crippen LogP contribution in [0.25, 0.3) is 0 Å². The fourth-order valence-electron chi connectivity index (χ4n) is 4.10. The Morgan fingerprint density at radius 2 is 1.76 bits per heavy atom. The number of unbranched alkanes of at least 4 members (excludes halogenated alkanes) is 5. The SMILES string of the molecule is CCCCCCCCc1ccc(N2CCC3(CC(=O)NC3=O)C2)cc1. The maximum atomic E-state index is 12.1. The van der Waals surface area contributed by atoms with E-state index in [-0.39, 0.29) is 11.8 Å². The molecule has 25 heavy (non-hydrogen) atoms. The Balaban J connectivity index is 1.48. The van der Waals surface area contributed by atoms with Gasteiger partial charge in [-0.1, -0.05) is 51.2 Å². The maximum Gasteiger partial charge on any atom is 0.235 e. The molecule has 4 heteroatoms. The molecule has 4 nitrogen and oxygen atoms in total. The van der Waals surface area contributed by atoms with Crippen LogP contribution in [0.3, 0.4) is 0 Å². The predicted molar refractivity (Wildman–Crippen MR) is 101 cm³/mol. The van der Waals surface area contributed by atoms with Gasteiger partial charge in [0.2, 0.25) is 11.8 Å². The van der Waals surface area contributed by atoms with Gasteiger partial charge >= 0.3 is 0 Å². The molecule has 2 heterocycles. The van der Waals surface area contributed by atoms with Crippen molar-refractivity contribution in [2.24, 2.45) is 5.41 Å². The predicted octanol–water partition coefficient (Wildman–Crippen LogP) is 3.83. The Labute approximate surface area is 151 Å². The van der Waals surface area contributed by atoms with E-state index in [1.807, 2.05) is 0 Å². The third-order valence-electron chi connectivity index (χ3n) is 5.71. The lowest BCUT2D eigenvalue weighted by Gasteiger charge is -2.22. The molecule has 3 rings (SSSR count). The smallest absolute Gasteiger partial charge is 0.235 e. The Morgan fingerprint density at radius 3 is 2.44 bits per heavy atom. The molecule has 136 valence electrons. The summed E-state index contributed by atoms with van der Waals surface area (Å²) in [5, 5.41) is 2.47. The van der Waals surface area contributed by atoms with E-state index >= 15 is 0 Å². The average molecular weight is 342 g/mol. The summed E-state index contributed by atoms with van der Waals surface area (Å²) in [4.78, 5) is 25.9. The number of amides is 2. The molecule has 1 N–H and O–H groups in total. The summed E-state index contributed by atoms with van der Waals surface area (Å²) in [6.45, 7) is 3.75. The van der Waals surface area contributed by atoms with Gasteiger partial charge in [0, 0.05) is 25.2 Å². The number of nitrogens with zero attached hydrogens (tertiary/aromatic N) is 1. The molecule has 0 aromatic heterocycles. The quantitative estimate of drug-likeness (QED) is 0.577. The lowest BCUT2D eigenvalue weighted by atomic mass is 9.85. The van der Waals surface area contributed by atoms with E-state index in [1.165, 1.54) is 44.1 Å². The van der Waals surface area contributed by atoms with E-state index in [4.69, 9.17) is 0 Å². The zero-order chi connectivity index (χ0) is 17.7. The van der Waals surface area contributed by atoms with Crippen LogP contribution in [0.15, 0.2) is 24.3 Å². The van der Waals surface area contributed by atoms with E-state index in [1.54, 1.807) is 0 Å². The van der Waals surface area contributed by atoms with Crippen LogP contribution in [0.4, 0.5) is 5.69 Å². The Morgan fingerprint density at radius 1 is 1.04 bits per heavy atom. The maximum absolute atomic E-state index is 12.1. The molecule has 1 unspecified atom stereocenters. The summed E-state index contributed by atoms with van der Waals surface area (Å²) in [7, 11) is 0. The number of carbonyl (C=O) groups is 2. The van der Waals surface area contributed by atoms with Crippen LogP contribution in [-0.2, 0) is 16.0 Å². The molecule has 2 fully saturated rings. The molecule has 0 aliphatic carbocycles. The van der Waals surface area contributed by atoms with Crippen molar-refractivity contribution in [3.8, 4) is 0 Å². The van der Waals surface area contributed by atoms with Crippen molar-refractivity contribution >= 4 is 17.5 Å². The zero-order valence-electron chi connectivity index (χ0n) is 15.4. The van der Waals surface area contributed by atoms with Crippen LogP contribution in [-0.4, -0.2) is 24.9 Å². The number of aryl methyl sites for hydroxylation is 1. The molecule has 1 atom stereocenters. The van der Waals surface area contributed by atoms with Crippen molar-refractivity contribution in [2.75, 3.05) is 18.0 Å². The molecular weight excluding hydrogens is 312 g/mol. The summed E-state index contributed by atoms with van der Waals surface area (Å²) < 4.78 is 0. The first-order valence-corrected chi connectivity index (χ1v) is 9.81. The highest BCUT2D eigenvalue weighted by Gasteiger charge is 2.50. The Hall–Kier alpha value is -1.84. The number of carbonyl (C=O) groups excluding carboxylic acids is 2. The average Bonchev–Trinajstić information content (AvgIpc) is 3.15.